The van der Waals surface area contributed by atoms with E-state index in [0.29, 0.717) is 31.1 Å². The molecule has 1 fully saturated rings. The molecule has 1 aromatic rings. The molecule has 0 bridgehead atoms. The highest BCUT2D eigenvalue weighted by Gasteiger charge is 2.17. The zero-order valence-electron chi connectivity index (χ0n) is 12.7. The van der Waals surface area contributed by atoms with Crippen LogP contribution in [0, 0.1) is 0 Å². The molecule has 1 aliphatic heterocycles. The van der Waals surface area contributed by atoms with Crippen LogP contribution in [-0.4, -0.2) is 48.4 Å². The molecule has 0 aliphatic carbocycles. The number of piperidine rings is 1. The van der Waals surface area contributed by atoms with Gasteiger partial charge in [0.25, 0.3) is 5.91 Å². The van der Waals surface area contributed by atoms with Crippen molar-refractivity contribution in [1.29, 1.82) is 0 Å². The van der Waals surface area contributed by atoms with Crippen molar-refractivity contribution in [3.05, 3.63) is 18.0 Å². The van der Waals surface area contributed by atoms with Crippen molar-refractivity contribution in [2.45, 2.75) is 31.7 Å². The molecule has 0 spiro atoms. The van der Waals surface area contributed by atoms with Crippen LogP contribution in [0.25, 0.3) is 0 Å². The summed E-state index contributed by atoms with van der Waals surface area (Å²) in [5.74, 6) is -0.472. The summed E-state index contributed by atoms with van der Waals surface area (Å²) in [4.78, 5) is 22.9. The molecule has 124 valence electrons. The molecular weight excluding hydrogens is 308 g/mol. The Kier molecular flexibility index (Phi) is 7.90. The number of halogens is 1. The van der Waals surface area contributed by atoms with Gasteiger partial charge in [0.15, 0.2) is 0 Å². The summed E-state index contributed by atoms with van der Waals surface area (Å²) in [6.07, 6.45) is 4.92. The third-order valence-corrected chi connectivity index (χ3v) is 3.56. The summed E-state index contributed by atoms with van der Waals surface area (Å²) in [6.45, 7) is 2.37. The Morgan fingerprint density at radius 1 is 1.55 bits per heavy atom. The van der Waals surface area contributed by atoms with Gasteiger partial charge in [-0.15, -0.1) is 12.4 Å². The number of aromatic nitrogens is 2. The van der Waals surface area contributed by atoms with E-state index in [0.717, 1.165) is 25.9 Å². The lowest BCUT2D eigenvalue weighted by atomic mass is 10.1. The number of methoxy groups -OCH3 is 1. The second-order valence-electron chi connectivity index (χ2n) is 5.12. The van der Waals surface area contributed by atoms with E-state index in [9.17, 15) is 9.59 Å². The van der Waals surface area contributed by atoms with E-state index < -0.39 is 0 Å². The molecule has 2 N–H and O–H groups in total. The number of ether oxygens (including phenoxy) is 1. The Bertz CT molecular complexity index is 486. The number of hydrogen-bond acceptors (Lipinski definition) is 5. The molecule has 1 aliphatic rings. The first-order chi connectivity index (χ1) is 10.2. The molecule has 1 saturated heterocycles. The minimum atomic E-state index is -0.265. The number of nitrogens with zero attached hydrogens (tertiary/aromatic N) is 2. The van der Waals surface area contributed by atoms with Gasteiger partial charge in [0, 0.05) is 25.7 Å². The van der Waals surface area contributed by atoms with Crippen LogP contribution < -0.4 is 10.6 Å². The topological polar surface area (TPSA) is 85.2 Å². The number of carbonyl (C=O) groups is 2. The Morgan fingerprint density at radius 2 is 2.36 bits per heavy atom. The molecule has 1 atom stereocenters. The minimum absolute atomic E-state index is 0. The van der Waals surface area contributed by atoms with Gasteiger partial charge in [-0.2, -0.15) is 5.10 Å². The molecule has 2 heterocycles. The van der Waals surface area contributed by atoms with Crippen molar-refractivity contribution >= 4 is 24.3 Å². The van der Waals surface area contributed by atoms with E-state index in [1.807, 2.05) is 10.9 Å². The molecule has 2 rings (SSSR count). The highest BCUT2D eigenvalue weighted by Crippen LogP contribution is 2.15. The first-order valence-electron chi connectivity index (χ1n) is 7.31. The first kappa shape index (κ1) is 18.4. The number of amides is 1. The maximum atomic E-state index is 11.9. The Balaban J connectivity index is 0.00000242. The van der Waals surface area contributed by atoms with Gasteiger partial charge in [-0.1, -0.05) is 0 Å². The summed E-state index contributed by atoms with van der Waals surface area (Å²) in [5, 5.41) is 10.4. The third kappa shape index (κ3) is 5.31. The fourth-order valence-electron chi connectivity index (χ4n) is 2.35. The molecule has 0 aromatic carbocycles. The number of nitrogens with one attached hydrogen (secondary N) is 2. The van der Waals surface area contributed by atoms with Gasteiger partial charge in [-0.3, -0.25) is 14.3 Å². The van der Waals surface area contributed by atoms with Crippen LogP contribution in [-0.2, 0) is 9.53 Å². The standard InChI is InChI=1S/C14H22N4O3.ClH/c1-21-13(19)5-3-8-16-14(20)12-6-9-18(17-12)11-4-2-7-15-10-11;/h6,9,11,15H,2-5,7-8,10H2,1H3,(H,16,20);1H. The van der Waals surface area contributed by atoms with E-state index in [1.165, 1.54) is 7.11 Å². The highest BCUT2D eigenvalue weighted by molar-refractivity contribution is 5.92. The van der Waals surface area contributed by atoms with Crippen LogP contribution in [0.1, 0.15) is 42.2 Å². The second-order valence-corrected chi connectivity index (χ2v) is 5.12. The average molecular weight is 331 g/mol. The maximum absolute atomic E-state index is 11.9. The van der Waals surface area contributed by atoms with E-state index >= 15 is 0 Å². The largest absolute Gasteiger partial charge is 0.469 e. The minimum Gasteiger partial charge on any atom is -0.469 e. The van der Waals surface area contributed by atoms with Crippen molar-refractivity contribution in [1.82, 2.24) is 20.4 Å². The fraction of sp³-hybridized carbons (Fsp3) is 0.643. The van der Waals surface area contributed by atoms with Gasteiger partial charge >= 0.3 is 5.97 Å². The van der Waals surface area contributed by atoms with Crippen LogP contribution in [0.2, 0.25) is 0 Å². The summed E-state index contributed by atoms with van der Waals surface area (Å²) in [5.41, 5.74) is 0.415. The first-order valence-corrected chi connectivity index (χ1v) is 7.31. The molecule has 0 saturated carbocycles. The normalized spacial score (nSPS) is 17.4. The predicted octanol–water partition coefficient (Wildman–Crippen LogP) is 0.912. The van der Waals surface area contributed by atoms with Crippen molar-refractivity contribution in [2.75, 3.05) is 26.7 Å². The van der Waals surface area contributed by atoms with Crippen LogP contribution in [0.4, 0.5) is 0 Å². The summed E-state index contributed by atoms with van der Waals surface area (Å²) < 4.78 is 6.40. The molecule has 1 unspecified atom stereocenters. The van der Waals surface area contributed by atoms with Crippen molar-refractivity contribution in [3.63, 3.8) is 0 Å². The average Bonchev–Trinajstić information content (AvgIpc) is 3.02. The molecule has 1 amide bonds. The summed E-state index contributed by atoms with van der Waals surface area (Å²) in [7, 11) is 1.35. The molecule has 7 nitrogen and oxygen atoms in total. The van der Waals surface area contributed by atoms with Crippen LogP contribution >= 0.6 is 12.4 Å². The number of rotatable bonds is 6. The quantitative estimate of drug-likeness (QED) is 0.598. The van der Waals surface area contributed by atoms with Crippen LogP contribution in [0.3, 0.4) is 0 Å². The number of hydrogen-bond donors (Lipinski definition) is 2. The lowest BCUT2D eigenvalue weighted by Crippen LogP contribution is -2.32. The van der Waals surface area contributed by atoms with Crippen molar-refractivity contribution in [3.8, 4) is 0 Å². The van der Waals surface area contributed by atoms with E-state index in [-0.39, 0.29) is 24.3 Å². The molecule has 0 radical (unpaired) electrons. The SMILES string of the molecule is COC(=O)CCCNC(=O)c1ccn(C2CCCNC2)n1.Cl. The number of esters is 1. The van der Waals surface area contributed by atoms with E-state index in [2.05, 4.69) is 20.5 Å². The Hall–Kier alpha value is -1.60. The van der Waals surface area contributed by atoms with Gasteiger partial charge in [0.2, 0.25) is 0 Å². The lowest BCUT2D eigenvalue weighted by Gasteiger charge is -2.22. The van der Waals surface area contributed by atoms with Gasteiger partial charge in [-0.05, 0) is 31.9 Å². The zero-order valence-corrected chi connectivity index (χ0v) is 13.5. The molecule has 8 heteroatoms. The van der Waals surface area contributed by atoms with Crippen LogP contribution in [0.15, 0.2) is 12.3 Å². The van der Waals surface area contributed by atoms with Gasteiger partial charge in [0.05, 0.1) is 13.2 Å². The van der Waals surface area contributed by atoms with Crippen LogP contribution in [0.5, 0.6) is 0 Å². The van der Waals surface area contributed by atoms with Crippen molar-refractivity contribution < 1.29 is 14.3 Å². The maximum Gasteiger partial charge on any atom is 0.305 e. The van der Waals surface area contributed by atoms with Gasteiger partial charge < -0.3 is 15.4 Å². The fourth-order valence-corrected chi connectivity index (χ4v) is 2.35. The highest BCUT2D eigenvalue weighted by atomic mass is 35.5. The van der Waals surface area contributed by atoms with Gasteiger partial charge in [-0.25, -0.2) is 0 Å². The van der Waals surface area contributed by atoms with Crippen molar-refractivity contribution in [2.24, 2.45) is 0 Å². The second kappa shape index (κ2) is 9.42. The Labute approximate surface area is 136 Å². The summed E-state index contributed by atoms with van der Waals surface area (Å²) in [6, 6.07) is 2.05. The van der Waals surface area contributed by atoms with Gasteiger partial charge in [0.1, 0.15) is 5.69 Å². The monoisotopic (exact) mass is 330 g/mol. The summed E-state index contributed by atoms with van der Waals surface area (Å²) >= 11 is 0. The predicted molar refractivity (Wildman–Crippen MR) is 84.2 cm³/mol. The Morgan fingerprint density at radius 3 is 3.05 bits per heavy atom. The molecular formula is C14H23ClN4O3. The smallest absolute Gasteiger partial charge is 0.305 e. The molecule has 22 heavy (non-hydrogen) atoms. The van der Waals surface area contributed by atoms with E-state index in [4.69, 9.17) is 0 Å². The lowest BCUT2D eigenvalue weighted by molar-refractivity contribution is -0.140. The number of carbonyl (C=O) groups excluding carboxylic acids is 2. The zero-order chi connectivity index (χ0) is 15.1. The molecule has 1 aromatic heterocycles. The van der Waals surface area contributed by atoms with E-state index in [1.54, 1.807) is 6.07 Å². The third-order valence-electron chi connectivity index (χ3n) is 3.56.